The van der Waals surface area contributed by atoms with Crippen LogP contribution >= 0.6 is 11.6 Å². The summed E-state index contributed by atoms with van der Waals surface area (Å²) in [6, 6.07) is 5.94. The van der Waals surface area contributed by atoms with Crippen LogP contribution in [0.3, 0.4) is 0 Å². The molecular formula is C17H26ClN3O. The number of nitrogens with two attached hydrogens (primary N) is 1. The molecule has 1 atom stereocenters. The van der Waals surface area contributed by atoms with Crippen LogP contribution < -0.4 is 10.6 Å². The third kappa shape index (κ3) is 3.73. The second kappa shape index (κ2) is 6.88. The molecular weight excluding hydrogens is 298 g/mol. The predicted octanol–water partition coefficient (Wildman–Crippen LogP) is 2.81. The number of halogens is 1. The Bertz CT molecular complexity index is 537. The molecule has 1 saturated heterocycles. The number of amides is 1. The zero-order valence-electron chi connectivity index (χ0n) is 13.7. The summed E-state index contributed by atoms with van der Waals surface area (Å²) in [5.74, 6) is 0.0665. The maximum absolute atomic E-state index is 12.5. The number of benzene rings is 1. The Morgan fingerprint density at radius 3 is 2.55 bits per heavy atom. The molecule has 22 heavy (non-hydrogen) atoms. The zero-order valence-corrected chi connectivity index (χ0v) is 14.5. The Balaban J connectivity index is 2.01. The van der Waals surface area contributed by atoms with E-state index in [4.69, 9.17) is 17.3 Å². The SMILES string of the molecule is CCCC(C)(N)C(=O)N1CCN(c2cc(Cl)ccc2C)CC1. The highest BCUT2D eigenvalue weighted by Gasteiger charge is 2.33. The van der Waals surface area contributed by atoms with E-state index in [1.807, 2.05) is 30.0 Å². The molecule has 0 aromatic heterocycles. The Kier molecular flexibility index (Phi) is 5.35. The minimum Gasteiger partial charge on any atom is -0.368 e. The molecule has 1 aromatic carbocycles. The summed E-state index contributed by atoms with van der Waals surface area (Å²) in [5, 5.41) is 0.747. The Hall–Kier alpha value is -1.26. The van der Waals surface area contributed by atoms with Crippen LogP contribution in [0, 0.1) is 6.92 Å². The van der Waals surface area contributed by atoms with Crippen LogP contribution in [0.4, 0.5) is 5.69 Å². The fourth-order valence-electron chi connectivity index (χ4n) is 3.06. The topological polar surface area (TPSA) is 49.6 Å². The fourth-order valence-corrected chi connectivity index (χ4v) is 3.23. The third-order valence-electron chi connectivity index (χ3n) is 4.34. The number of aryl methyl sites for hydroxylation is 1. The highest BCUT2D eigenvalue weighted by Crippen LogP contribution is 2.25. The molecule has 2 N–H and O–H groups in total. The van der Waals surface area contributed by atoms with E-state index in [2.05, 4.69) is 18.7 Å². The number of hydrogen-bond acceptors (Lipinski definition) is 3. The van der Waals surface area contributed by atoms with Crippen molar-refractivity contribution in [1.29, 1.82) is 0 Å². The minimum absolute atomic E-state index is 0.0665. The van der Waals surface area contributed by atoms with Crippen molar-refractivity contribution in [2.24, 2.45) is 5.73 Å². The van der Waals surface area contributed by atoms with Crippen molar-refractivity contribution in [2.45, 2.75) is 39.2 Å². The molecule has 1 heterocycles. The van der Waals surface area contributed by atoms with Crippen LogP contribution in [-0.2, 0) is 4.79 Å². The van der Waals surface area contributed by atoms with Gasteiger partial charge in [0.2, 0.25) is 5.91 Å². The van der Waals surface area contributed by atoms with Crippen molar-refractivity contribution in [3.63, 3.8) is 0 Å². The molecule has 0 aliphatic carbocycles. The molecule has 1 aromatic rings. The molecule has 5 heteroatoms. The summed E-state index contributed by atoms with van der Waals surface area (Å²) in [6.07, 6.45) is 1.64. The molecule has 1 fully saturated rings. The highest BCUT2D eigenvalue weighted by atomic mass is 35.5. The fraction of sp³-hybridized carbons (Fsp3) is 0.588. The number of piperazine rings is 1. The van der Waals surface area contributed by atoms with E-state index in [0.29, 0.717) is 13.1 Å². The summed E-state index contributed by atoms with van der Waals surface area (Å²) in [6.45, 7) is 9.03. The van der Waals surface area contributed by atoms with Crippen molar-refractivity contribution in [3.8, 4) is 0 Å². The van der Waals surface area contributed by atoms with E-state index < -0.39 is 5.54 Å². The normalized spacial score (nSPS) is 18.2. The highest BCUT2D eigenvalue weighted by molar-refractivity contribution is 6.30. The summed E-state index contributed by atoms with van der Waals surface area (Å²) in [5.41, 5.74) is 7.79. The molecule has 0 spiro atoms. The first-order chi connectivity index (χ1) is 10.3. The number of carbonyl (C=O) groups excluding carboxylic acids is 1. The first kappa shape index (κ1) is 17.1. The molecule has 122 valence electrons. The van der Waals surface area contributed by atoms with Gasteiger partial charge in [-0.15, -0.1) is 0 Å². The molecule has 1 aliphatic heterocycles. The van der Waals surface area contributed by atoms with Crippen LogP contribution in [0.1, 0.15) is 32.3 Å². The van der Waals surface area contributed by atoms with Crippen molar-refractivity contribution < 1.29 is 4.79 Å². The number of carbonyl (C=O) groups is 1. The van der Waals surface area contributed by atoms with Crippen LogP contribution in [0.2, 0.25) is 5.02 Å². The first-order valence-electron chi connectivity index (χ1n) is 7.94. The molecule has 1 unspecified atom stereocenters. The summed E-state index contributed by atoms with van der Waals surface area (Å²) in [4.78, 5) is 16.7. The quantitative estimate of drug-likeness (QED) is 0.927. The third-order valence-corrected chi connectivity index (χ3v) is 4.57. The van der Waals surface area contributed by atoms with Gasteiger partial charge in [-0.1, -0.05) is 31.0 Å². The maximum Gasteiger partial charge on any atom is 0.242 e. The van der Waals surface area contributed by atoms with Crippen molar-refractivity contribution in [3.05, 3.63) is 28.8 Å². The van der Waals surface area contributed by atoms with Gasteiger partial charge >= 0.3 is 0 Å². The molecule has 1 aliphatic rings. The van der Waals surface area contributed by atoms with E-state index in [1.54, 1.807) is 0 Å². The van der Waals surface area contributed by atoms with Gasteiger partial charge in [-0.2, -0.15) is 0 Å². The lowest BCUT2D eigenvalue weighted by atomic mass is 9.95. The number of rotatable bonds is 4. The van der Waals surface area contributed by atoms with E-state index in [-0.39, 0.29) is 5.91 Å². The number of nitrogens with zero attached hydrogens (tertiary/aromatic N) is 2. The van der Waals surface area contributed by atoms with E-state index in [0.717, 1.165) is 36.6 Å². The largest absolute Gasteiger partial charge is 0.368 e. The molecule has 0 radical (unpaired) electrons. The van der Waals surface area contributed by atoms with Gasteiger partial charge in [0.05, 0.1) is 5.54 Å². The standard InChI is InChI=1S/C17H26ClN3O/c1-4-7-17(3,19)16(22)21-10-8-20(9-11-21)15-12-14(18)6-5-13(15)2/h5-6,12H,4,7-11,19H2,1-3H3. The van der Waals surface area contributed by atoms with Crippen LogP contribution in [-0.4, -0.2) is 42.5 Å². The van der Waals surface area contributed by atoms with Crippen molar-refractivity contribution in [2.75, 3.05) is 31.1 Å². The second-order valence-electron chi connectivity index (χ2n) is 6.38. The van der Waals surface area contributed by atoms with Crippen LogP contribution in [0.15, 0.2) is 18.2 Å². The van der Waals surface area contributed by atoms with Crippen molar-refractivity contribution in [1.82, 2.24) is 4.90 Å². The molecule has 2 rings (SSSR count). The number of hydrogen-bond donors (Lipinski definition) is 1. The van der Waals surface area contributed by atoms with Crippen molar-refractivity contribution >= 4 is 23.2 Å². The van der Waals surface area contributed by atoms with Gasteiger partial charge in [-0.05, 0) is 38.0 Å². The molecule has 0 saturated carbocycles. The maximum atomic E-state index is 12.5. The first-order valence-corrected chi connectivity index (χ1v) is 8.32. The Morgan fingerprint density at radius 2 is 1.95 bits per heavy atom. The number of anilines is 1. The Labute approximate surface area is 138 Å². The van der Waals surface area contributed by atoms with Crippen LogP contribution in [0.5, 0.6) is 0 Å². The van der Waals surface area contributed by atoms with Gasteiger partial charge in [-0.3, -0.25) is 4.79 Å². The Morgan fingerprint density at radius 1 is 1.32 bits per heavy atom. The van der Waals surface area contributed by atoms with Gasteiger partial charge in [0.15, 0.2) is 0 Å². The van der Waals surface area contributed by atoms with E-state index in [1.165, 1.54) is 5.56 Å². The second-order valence-corrected chi connectivity index (χ2v) is 6.81. The smallest absolute Gasteiger partial charge is 0.242 e. The predicted molar refractivity (Wildman–Crippen MR) is 92.5 cm³/mol. The molecule has 0 bridgehead atoms. The lowest BCUT2D eigenvalue weighted by Gasteiger charge is -2.39. The summed E-state index contributed by atoms with van der Waals surface area (Å²) >= 11 is 6.10. The summed E-state index contributed by atoms with van der Waals surface area (Å²) in [7, 11) is 0. The zero-order chi connectivity index (χ0) is 16.3. The average molecular weight is 324 g/mol. The van der Waals surface area contributed by atoms with Crippen LogP contribution in [0.25, 0.3) is 0 Å². The van der Waals surface area contributed by atoms with Gasteiger partial charge in [0.1, 0.15) is 0 Å². The monoisotopic (exact) mass is 323 g/mol. The van der Waals surface area contributed by atoms with Gasteiger partial charge in [-0.25, -0.2) is 0 Å². The van der Waals surface area contributed by atoms with Gasteiger partial charge < -0.3 is 15.5 Å². The van der Waals surface area contributed by atoms with Gasteiger partial charge in [0, 0.05) is 36.9 Å². The van der Waals surface area contributed by atoms with E-state index in [9.17, 15) is 4.79 Å². The summed E-state index contributed by atoms with van der Waals surface area (Å²) < 4.78 is 0. The van der Waals surface area contributed by atoms with E-state index >= 15 is 0 Å². The lowest BCUT2D eigenvalue weighted by molar-refractivity contribution is -0.137. The molecule has 4 nitrogen and oxygen atoms in total. The van der Waals surface area contributed by atoms with Gasteiger partial charge in [0.25, 0.3) is 0 Å². The molecule has 1 amide bonds. The minimum atomic E-state index is -0.747. The lowest BCUT2D eigenvalue weighted by Crippen LogP contribution is -2.58. The average Bonchev–Trinajstić information content (AvgIpc) is 2.49.